The van der Waals surface area contributed by atoms with E-state index in [1.54, 1.807) is 4.90 Å². The zero-order valence-corrected chi connectivity index (χ0v) is 18.9. The van der Waals surface area contributed by atoms with Crippen LogP contribution in [0.4, 0.5) is 4.79 Å². The van der Waals surface area contributed by atoms with Gasteiger partial charge in [-0.2, -0.15) is 0 Å². The fourth-order valence-electron chi connectivity index (χ4n) is 2.87. The summed E-state index contributed by atoms with van der Waals surface area (Å²) >= 11 is 0. The number of hydrogen-bond donors (Lipinski definition) is 0. The number of rotatable bonds is 3. The van der Waals surface area contributed by atoms with Crippen LogP contribution in [0, 0.1) is 0 Å². The van der Waals surface area contributed by atoms with Crippen molar-refractivity contribution >= 4 is 15.8 Å². The second kappa shape index (κ2) is 7.71. The van der Waals surface area contributed by atoms with Crippen LogP contribution >= 0.6 is 0 Å². The van der Waals surface area contributed by atoms with Crippen LogP contribution in [0.5, 0.6) is 0 Å². The maximum Gasteiger partial charge on any atom is 0.352 e. The van der Waals surface area contributed by atoms with E-state index in [0.717, 1.165) is 5.56 Å². The Hall–Kier alpha value is -1.36. The molecule has 0 N–H and O–H groups in total. The van der Waals surface area contributed by atoms with Gasteiger partial charge in [0.1, 0.15) is 0 Å². The Morgan fingerprint density at radius 2 is 1.50 bits per heavy atom. The first-order chi connectivity index (χ1) is 11.6. The molecule has 0 spiro atoms. The Kier molecular flexibility index (Phi) is 6.73. The third-order valence-electron chi connectivity index (χ3n) is 4.39. The molecule has 0 aromatic heterocycles. The normalized spacial score (nSPS) is 15.1. The Labute approximate surface area is 160 Å². The first-order valence-electron chi connectivity index (χ1n) is 9.31. The molecular weight excluding hydrogens is 344 g/mol. The molecule has 5 heteroatoms. The van der Waals surface area contributed by atoms with Crippen LogP contribution in [0.25, 0.3) is 0 Å². The summed E-state index contributed by atoms with van der Waals surface area (Å²) in [6.07, 6.45) is 0. The Balaban J connectivity index is 3.66. The Bertz CT molecular complexity index is 751. The summed E-state index contributed by atoms with van der Waals surface area (Å²) in [5.74, 6) is 0. The van der Waals surface area contributed by atoms with Crippen molar-refractivity contribution in [3.8, 4) is 0 Å². The molecule has 0 aliphatic carbocycles. The van der Waals surface area contributed by atoms with E-state index in [2.05, 4.69) is 25.1 Å². The summed E-state index contributed by atoms with van der Waals surface area (Å²) in [5.41, 5.74) is 1.01. The van der Waals surface area contributed by atoms with Gasteiger partial charge in [-0.1, -0.05) is 32.9 Å². The lowest BCUT2D eigenvalue weighted by atomic mass is 9.87. The molecule has 2 amide bonds. The third kappa shape index (κ3) is 4.87. The van der Waals surface area contributed by atoms with Crippen LogP contribution in [0.2, 0.25) is 0 Å². The summed E-state index contributed by atoms with van der Waals surface area (Å²) in [6, 6.07) is 7.29. The lowest BCUT2D eigenvalue weighted by molar-refractivity contribution is 0.175. The fourth-order valence-corrected chi connectivity index (χ4v) is 4.82. The minimum absolute atomic E-state index is 0.00391. The van der Waals surface area contributed by atoms with Crippen LogP contribution in [0.1, 0.15) is 74.8 Å². The van der Waals surface area contributed by atoms with E-state index in [1.807, 2.05) is 72.7 Å². The average molecular weight is 381 g/mol. The molecule has 0 saturated heterocycles. The number of amides is 2. The van der Waals surface area contributed by atoms with Crippen LogP contribution in [-0.2, 0) is 15.1 Å². The van der Waals surface area contributed by atoms with Gasteiger partial charge >= 0.3 is 6.03 Å². The van der Waals surface area contributed by atoms with Gasteiger partial charge in [-0.05, 0) is 71.6 Å². The quantitative estimate of drug-likeness (QED) is 0.660. The van der Waals surface area contributed by atoms with Crippen LogP contribution in [0.15, 0.2) is 33.5 Å². The molecule has 0 aliphatic rings. The highest BCUT2D eigenvalue weighted by atomic mass is 32.2. The van der Waals surface area contributed by atoms with E-state index in [0.29, 0.717) is 4.90 Å². The molecule has 1 atom stereocenters. The summed E-state index contributed by atoms with van der Waals surface area (Å²) in [5, 5.41) is 0. The summed E-state index contributed by atoms with van der Waals surface area (Å²) in [6.45, 7) is 19.8. The molecule has 1 rings (SSSR count). The van der Waals surface area contributed by atoms with Gasteiger partial charge in [0.25, 0.3) is 0 Å². The highest BCUT2D eigenvalue weighted by Gasteiger charge is 2.33. The van der Waals surface area contributed by atoms with E-state index >= 15 is 0 Å². The SMILES string of the molecule is CC(C)N(C(=O)N=[S@](=O)(c1cccc(C(C)(C)C)c1)C(C)(C)C)C(C)C. The van der Waals surface area contributed by atoms with Gasteiger partial charge in [-0.3, -0.25) is 0 Å². The Morgan fingerprint density at radius 3 is 1.88 bits per heavy atom. The molecule has 0 radical (unpaired) electrons. The number of carbonyl (C=O) groups excluding carboxylic acids is 1. The van der Waals surface area contributed by atoms with Gasteiger partial charge in [0.05, 0.1) is 14.5 Å². The molecule has 0 bridgehead atoms. The average Bonchev–Trinajstić information content (AvgIpc) is 2.44. The second-order valence-corrected chi connectivity index (χ2v) is 12.3. The molecule has 0 heterocycles. The summed E-state index contributed by atoms with van der Waals surface area (Å²) in [7, 11) is -2.94. The predicted molar refractivity (Wildman–Crippen MR) is 111 cm³/mol. The van der Waals surface area contributed by atoms with Crippen molar-refractivity contribution in [2.24, 2.45) is 4.36 Å². The zero-order chi connectivity index (χ0) is 20.5. The smallest absolute Gasteiger partial charge is 0.318 e. The molecule has 4 nitrogen and oxygen atoms in total. The summed E-state index contributed by atoms with van der Waals surface area (Å²) < 4.78 is 17.7. The molecule has 26 heavy (non-hydrogen) atoms. The van der Waals surface area contributed by atoms with Crippen LogP contribution in [-0.4, -0.2) is 32.0 Å². The molecule has 148 valence electrons. The first-order valence-corrected chi connectivity index (χ1v) is 10.8. The molecule has 0 aliphatic heterocycles. The molecule has 0 saturated carbocycles. The fraction of sp³-hybridized carbons (Fsp3) is 0.667. The number of urea groups is 1. The van der Waals surface area contributed by atoms with Crippen molar-refractivity contribution in [3.63, 3.8) is 0 Å². The first kappa shape index (κ1) is 22.7. The maximum atomic E-state index is 14.0. The lowest BCUT2D eigenvalue weighted by Gasteiger charge is -2.31. The monoisotopic (exact) mass is 380 g/mol. The zero-order valence-electron chi connectivity index (χ0n) is 18.1. The molecule has 0 unspecified atom stereocenters. The highest BCUT2D eigenvalue weighted by Crippen LogP contribution is 2.32. The summed E-state index contributed by atoms with van der Waals surface area (Å²) in [4.78, 5) is 15.2. The van der Waals surface area contributed by atoms with Gasteiger partial charge in [0.2, 0.25) is 0 Å². The number of carbonyl (C=O) groups is 1. The van der Waals surface area contributed by atoms with Crippen LogP contribution in [0.3, 0.4) is 0 Å². The van der Waals surface area contributed by atoms with E-state index in [9.17, 15) is 9.00 Å². The van der Waals surface area contributed by atoms with E-state index in [4.69, 9.17) is 0 Å². The predicted octanol–water partition coefficient (Wildman–Crippen LogP) is 5.85. The van der Waals surface area contributed by atoms with Gasteiger partial charge in [0.15, 0.2) is 0 Å². The molecule has 0 fully saturated rings. The van der Waals surface area contributed by atoms with Crippen molar-refractivity contribution in [3.05, 3.63) is 29.8 Å². The van der Waals surface area contributed by atoms with Crippen molar-refractivity contribution < 1.29 is 9.00 Å². The van der Waals surface area contributed by atoms with Crippen molar-refractivity contribution in [1.82, 2.24) is 4.90 Å². The van der Waals surface area contributed by atoms with E-state index in [-0.39, 0.29) is 17.5 Å². The molecule has 1 aromatic carbocycles. The number of hydrogen-bond acceptors (Lipinski definition) is 2. The van der Waals surface area contributed by atoms with Crippen LogP contribution < -0.4 is 0 Å². The third-order valence-corrected chi connectivity index (χ3v) is 7.36. The van der Waals surface area contributed by atoms with Gasteiger partial charge in [0, 0.05) is 17.0 Å². The van der Waals surface area contributed by atoms with Gasteiger partial charge in [-0.25, -0.2) is 9.00 Å². The van der Waals surface area contributed by atoms with E-state index in [1.165, 1.54) is 0 Å². The highest BCUT2D eigenvalue weighted by molar-refractivity contribution is 7.95. The maximum absolute atomic E-state index is 14.0. The molecule has 1 aromatic rings. The Morgan fingerprint density at radius 1 is 1.00 bits per heavy atom. The largest absolute Gasteiger partial charge is 0.352 e. The minimum atomic E-state index is -2.94. The van der Waals surface area contributed by atoms with Gasteiger partial charge < -0.3 is 4.90 Å². The van der Waals surface area contributed by atoms with Crippen molar-refractivity contribution in [2.45, 2.75) is 96.4 Å². The van der Waals surface area contributed by atoms with Crippen molar-refractivity contribution in [1.29, 1.82) is 0 Å². The molecular formula is C21H36N2O2S. The number of nitrogens with zero attached hydrogens (tertiary/aromatic N) is 2. The minimum Gasteiger partial charge on any atom is -0.318 e. The number of benzene rings is 1. The second-order valence-electron chi connectivity index (χ2n) is 9.38. The lowest BCUT2D eigenvalue weighted by Crippen LogP contribution is -2.41. The topological polar surface area (TPSA) is 49.7 Å². The standard InChI is InChI=1S/C21H36N2O2S/c1-15(2)23(16(3)4)19(24)22-26(25,21(8,9)10)18-13-11-12-17(14-18)20(5,6)7/h11-16H,1-10H3/t26-/m0/s1. The van der Waals surface area contributed by atoms with E-state index < -0.39 is 20.5 Å². The van der Waals surface area contributed by atoms with Crippen molar-refractivity contribution in [2.75, 3.05) is 0 Å². The van der Waals surface area contributed by atoms with Gasteiger partial charge in [-0.15, -0.1) is 4.36 Å².